The van der Waals surface area contributed by atoms with E-state index in [0.717, 1.165) is 15.0 Å². The lowest BCUT2D eigenvalue weighted by Gasteiger charge is -2.35. The maximum Gasteiger partial charge on any atom is 0.449 e. The third-order valence-electron chi connectivity index (χ3n) is 5.30. The van der Waals surface area contributed by atoms with Crippen LogP contribution < -0.4 is 0 Å². The van der Waals surface area contributed by atoms with Crippen molar-refractivity contribution >= 4 is 39.6 Å². The number of halogens is 3. The molecular weight excluding hydrogens is 431 g/mol. The molecule has 154 valence electrons. The Balaban J connectivity index is 1.54. The first-order valence-electron chi connectivity index (χ1n) is 9.35. The summed E-state index contributed by atoms with van der Waals surface area (Å²) in [7, 11) is 0. The summed E-state index contributed by atoms with van der Waals surface area (Å²) in [5, 5.41) is 3.95. The number of carbonyl (C=O) groups is 1. The van der Waals surface area contributed by atoms with Gasteiger partial charge in [0.1, 0.15) is 6.54 Å². The van der Waals surface area contributed by atoms with Crippen LogP contribution in [0, 0.1) is 0 Å². The van der Waals surface area contributed by atoms with Crippen LogP contribution in [0.3, 0.4) is 0 Å². The maximum absolute atomic E-state index is 13.6. The molecule has 0 radical (unpaired) electrons. The second-order valence-electron chi connectivity index (χ2n) is 7.06. The number of benzene rings is 1. The van der Waals surface area contributed by atoms with E-state index in [0.29, 0.717) is 18.5 Å². The predicted octanol–water partition coefficient (Wildman–Crippen LogP) is 5.35. The Morgan fingerprint density at radius 1 is 1.10 bits per heavy atom. The molecular formula is C21H16F3N3OS2. The van der Waals surface area contributed by atoms with Crippen LogP contribution in [0.1, 0.15) is 27.2 Å². The Kier molecular flexibility index (Phi) is 4.67. The summed E-state index contributed by atoms with van der Waals surface area (Å²) in [5.74, 6) is -1.39. The van der Waals surface area contributed by atoms with E-state index >= 15 is 0 Å². The Hall–Kier alpha value is -2.65. The Labute approximate surface area is 178 Å². The van der Waals surface area contributed by atoms with Crippen molar-refractivity contribution in [2.24, 2.45) is 0 Å². The topological polar surface area (TPSA) is 38.1 Å². The van der Waals surface area contributed by atoms with Gasteiger partial charge in [-0.3, -0.25) is 4.79 Å². The lowest BCUT2D eigenvalue weighted by Crippen LogP contribution is -2.41. The fourth-order valence-electron chi connectivity index (χ4n) is 4.02. The molecule has 1 aromatic carbocycles. The van der Waals surface area contributed by atoms with E-state index in [2.05, 4.69) is 4.98 Å². The molecule has 1 amide bonds. The summed E-state index contributed by atoms with van der Waals surface area (Å²) < 4.78 is 41.9. The van der Waals surface area contributed by atoms with Gasteiger partial charge in [0.2, 0.25) is 11.7 Å². The van der Waals surface area contributed by atoms with Crippen LogP contribution in [0.4, 0.5) is 13.2 Å². The van der Waals surface area contributed by atoms with Gasteiger partial charge in [0.25, 0.3) is 0 Å². The van der Waals surface area contributed by atoms with Crippen LogP contribution in [-0.2, 0) is 23.9 Å². The van der Waals surface area contributed by atoms with Gasteiger partial charge < -0.3 is 9.47 Å². The fourth-order valence-corrected chi connectivity index (χ4v) is 5.78. The number of fused-ring (bicyclic) bond motifs is 2. The first kappa shape index (κ1) is 19.3. The number of hydrogen-bond acceptors (Lipinski definition) is 4. The molecule has 0 saturated heterocycles. The van der Waals surface area contributed by atoms with Crippen molar-refractivity contribution in [1.29, 1.82) is 0 Å². The highest BCUT2D eigenvalue weighted by molar-refractivity contribution is 7.10. The number of para-hydroxylation sites is 2. The van der Waals surface area contributed by atoms with Crippen molar-refractivity contribution in [3.05, 3.63) is 74.4 Å². The number of rotatable bonds is 3. The third-order valence-corrected chi connectivity index (χ3v) is 7.22. The highest BCUT2D eigenvalue weighted by Gasteiger charge is 2.39. The van der Waals surface area contributed by atoms with Gasteiger partial charge in [-0.15, -0.1) is 22.7 Å². The first-order valence-corrected chi connectivity index (χ1v) is 11.1. The van der Waals surface area contributed by atoms with Gasteiger partial charge >= 0.3 is 6.18 Å². The van der Waals surface area contributed by atoms with Gasteiger partial charge in [0.15, 0.2) is 0 Å². The highest BCUT2D eigenvalue weighted by atomic mass is 32.1. The van der Waals surface area contributed by atoms with Crippen molar-refractivity contribution < 1.29 is 18.0 Å². The number of hydrogen-bond donors (Lipinski definition) is 0. The molecule has 0 saturated carbocycles. The molecule has 4 heterocycles. The van der Waals surface area contributed by atoms with Gasteiger partial charge in [-0.25, -0.2) is 4.98 Å². The normalized spacial score (nSPS) is 16.8. The zero-order valence-electron chi connectivity index (χ0n) is 15.6. The van der Waals surface area contributed by atoms with Crippen molar-refractivity contribution in [2.45, 2.75) is 25.2 Å². The SMILES string of the molecule is O=C(Cn1c(C(F)(F)F)nc2ccccc21)N1CCc2sccc2[C@@H]1c1cccs1. The van der Waals surface area contributed by atoms with E-state index in [4.69, 9.17) is 0 Å². The van der Waals surface area contributed by atoms with Gasteiger partial charge in [-0.1, -0.05) is 18.2 Å². The Morgan fingerprint density at radius 3 is 2.70 bits per heavy atom. The summed E-state index contributed by atoms with van der Waals surface area (Å²) in [6, 6.07) is 12.0. The Morgan fingerprint density at radius 2 is 1.93 bits per heavy atom. The first-order chi connectivity index (χ1) is 14.4. The number of nitrogens with zero attached hydrogens (tertiary/aromatic N) is 3. The van der Waals surface area contributed by atoms with Crippen molar-refractivity contribution in [2.75, 3.05) is 6.54 Å². The second-order valence-corrected chi connectivity index (χ2v) is 9.04. The quantitative estimate of drug-likeness (QED) is 0.425. The molecule has 0 spiro atoms. The molecule has 0 fully saturated rings. The molecule has 30 heavy (non-hydrogen) atoms. The average Bonchev–Trinajstić information content (AvgIpc) is 3.46. The number of thiophene rings is 2. The molecule has 3 aromatic heterocycles. The highest BCUT2D eigenvalue weighted by Crippen LogP contribution is 2.40. The van der Waals surface area contributed by atoms with Crippen LogP contribution in [-0.4, -0.2) is 26.9 Å². The van der Waals surface area contributed by atoms with E-state index in [9.17, 15) is 18.0 Å². The second kappa shape index (κ2) is 7.24. The summed E-state index contributed by atoms with van der Waals surface area (Å²) in [4.78, 5) is 21.0. The molecule has 4 nitrogen and oxygen atoms in total. The molecule has 0 N–H and O–H groups in total. The minimum absolute atomic E-state index is 0.228. The smallest absolute Gasteiger partial charge is 0.329 e. The van der Waals surface area contributed by atoms with Gasteiger partial charge in [0, 0.05) is 16.3 Å². The van der Waals surface area contributed by atoms with Crippen LogP contribution in [0.2, 0.25) is 0 Å². The summed E-state index contributed by atoms with van der Waals surface area (Å²) in [6.45, 7) is 0.0690. The molecule has 5 rings (SSSR count). The molecule has 0 unspecified atom stereocenters. The van der Waals surface area contributed by atoms with E-state index in [-0.39, 0.29) is 17.5 Å². The number of amides is 1. The van der Waals surface area contributed by atoms with Crippen LogP contribution in [0.15, 0.2) is 53.2 Å². The number of imidazole rings is 1. The largest absolute Gasteiger partial charge is 0.449 e. The molecule has 0 bridgehead atoms. The number of alkyl halides is 3. The number of carbonyl (C=O) groups excluding carboxylic acids is 1. The van der Waals surface area contributed by atoms with E-state index in [1.54, 1.807) is 45.8 Å². The zero-order valence-corrected chi connectivity index (χ0v) is 17.2. The minimum atomic E-state index is -4.64. The molecule has 9 heteroatoms. The molecule has 1 atom stereocenters. The van der Waals surface area contributed by atoms with Crippen molar-refractivity contribution in [3.8, 4) is 0 Å². The fraction of sp³-hybridized carbons (Fsp3) is 0.238. The monoisotopic (exact) mass is 447 g/mol. The molecule has 1 aliphatic heterocycles. The summed E-state index contributed by atoms with van der Waals surface area (Å²) in [5.41, 5.74) is 1.60. The zero-order chi connectivity index (χ0) is 20.9. The van der Waals surface area contributed by atoms with Gasteiger partial charge in [-0.05, 0) is 47.0 Å². The van der Waals surface area contributed by atoms with E-state index in [1.165, 1.54) is 10.9 Å². The Bertz CT molecular complexity index is 1210. The lowest BCUT2D eigenvalue weighted by molar-refractivity contribution is -0.148. The van der Waals surface area contributed by atoms with Gasteiger partial charge in [0.05, 0.1) is 17.1 Å². The van der Waals surface area contributed by atoms with Gasteiger partial charge in [-0.2, -0.15) is 13.2 Å². The van der Waals surface area contributed by atoms with Crippen LogP contribution in [0.25, 0.3) is 11.0 Å². The predicted molar refractivity (Wildman–Crippen MR) is 111 cm³/mol. The standard InChI is InChI=1S/C21H16F3N3OS2/c22-21(23,24)20-25-14-4-1-2-5-15(14)27(20)12-18(28)26-9-7-16-13(8-11-30-16)19(26)17-6-3-10-29-17/h1-6,8,10-11,19H,7,9,12H2/t19-/m1/s1. The van der Waals surface area contributed by atoms with Crippen LogP contribution >= 0.6 is 22.7 Å². The summed E-state index contributed by atoms with van der Waals surface area (Å²) in [6.07, 6.45) is -3.94. The lowest BCUT2D eigenvalue weighted by atomic mass is 9.98. The minimum Gasteiger partial charge on any atom is -0.329 e. The molecule has 1 aliphatic rings. The van der Waals surface area contributed by atoms with Crippen molar-refractivity contribution in [1.82, 2.24) is 14.5 Å². The number of aromatic nitrogens is 2. The van der Waals surface area contributed by atoms with Crippen LogP contribution in [0.5, 0.6) is 0 Å². The molecule has 0 aliphatic carbocycles. The third kappa shape index (κ3) is 3.22. The average molecular weight is 448 g/mol. The van der Waals surface area contributed by atoms with Crippen molar-refractivity contribution in [3.63, 3.8) is 0 Å². The van der Waals surface area contributed by atoms with E-state index in [1.807, 2.05) is 29.0 Å². The summed E-state index contributed by atoms with van der Waals surface area (Å²) >= 11 is 3.20. The molecule has 4 aromatic rings. The van der Waals surface area contributed by atoms with E-state index < -0.39 is 18.5 Å². The maximum atomic E-state index is 13.6.